The zero-order chi connectivity index (χ0) is 9.26. The molecule has 1 aromatic rings. The lowest BCUT2D eigenvalue weighted by atomic mass is 10.2. The monoisotopic (exact) mass is 180 g/mol. The third kappa shape index (κ3) is 1.41. The Balaban J connectivity index is 2.48. The molecule has 1 aromatic carbocycles. The highest BCUT2D eigenvalue weighted by atomic mass is 16.5. The summed E-state index contributed by atoms with van der Waals surface area (Å²) in [6.45, 7) is 3.15. The van der Waals surface area contributed by atoms with Gasteiger partial charge in [-0.15, -0.1) is 0 Å². The predicted molar refractivity (Wildman–Crippen MR) is 48.5 cm³/mol. The molecule has 3 heteroatoms. The Morgan fingerprint density at radius 1 is 1.23 bits per heavy atom. The molecule has 0 amide bonds. The third-order valence-electron chi connectivity index (χ3n) is 2.13. The standard InChI is InChI=1S/C10H12O3/c1-7-8(11)3-4-9-10(7)13-6-2-5-12-9/h3-4,11H,2,5-6H2,1H3. The van der Waals surface area contributed by atoms with Gasteiger partial charge in [-0.2, -0.15) is 0 Å². The number of benzene rings is 1. The molecule has 3 nitrogen and oxygen atoms in total. The number of rotatable bonds is 0. The second-order valence-electron chi connectivity index (χ2n) is 3.09. The Hall–Kier alpha value is -1.38. The Labute approximate surface area is 76.9 Å². The molecule has 0 spiro atoms. The van der Waals surface area contributed by atoms with Crippen LogP contribution in [0.4, 0.5) is 0 Å². The molecule has 0 saturated heterocycles. The SMILES string of the molecule is Cc1c(O)ccc2c1OCCCO2. The van der Waals surface area contributed by atoms with E-state index in [0.717, 1.165) is 17.7 Å². The van der Waals surface area contributed by atoms with Gasteiger partial charge in [0.05, 0.1) is 13.2 Å². The van der Waals surface area contributed by atoms with E-state index in [1.807, 2.05) is 6.92 Å². The van der Waals surface area contributed by atoms with E-state index in [4.69, 9.17) is 9.47 Å². The molecular weight excluding hydrogens is 168 g/mol. The van der Waals surface area contributed by atoms with Crippen molar-refractivity contribution in [1.29, 1.82) is 0 Å². The number of ether oxygens (including phenoxy) is 2. The van der Waals surface area contributed by atoms with Crippen LogP contribution < -0.4 is 9.47 Å². The fourth-order valence-electron chi connectivity index (χ4n) is 1.36. The van der Waals surface area contributed by atoms with Gasteiger partial charge in [0.2, 0.25) is 0 Å². The second kappa shape index (κ2) is 3.17. The lowest BCUT2D eigenvalue weighted by Crippen LogP contribution is -1.97. The fourth-order valence-corrected chi connectivity index (χ4v) is 1.36. The highest BCUT2D eigenvalue weighted by Gasteiger charge is 2.14. The first-order valence-electron chi connectivity index (χ1n) is 4.37. The highest BCUT2D eigenvalue weighted by Crippen LogP contribution is 2.37. The number of hydrogen-bond acceptors (Lipinski definition) is 3. The van der Waals surface area contributed by atoms with E-state index in [0.29, 0.717) is 19.0 Å². The molecule has 70 valence electrons. The van der Waals surface area contributed by atoms with Crippen LogP contribution in [0.25, 0.3) is 0 Å². The van der Waals surface area contributed by atoms with Crippen LogP contribution >= 0.6 is 0 Å². The van der Waals surface area contributed by atoms with E-state index in [-0.39, 0.29) is 5.75 Å². The van der Waals surface area contributed by atoms with Crippen molar-refractivity contribution >= 4 is 0 Å². The van der Waals surface area contributed by atoms with Crippen LogP contribution in [0.3, 0.4) is 0 Å². The van der Waals surface area contributed by atoms with Crippen molar-refractivity contribution in [2.75, 3.05) is 13.2 Å². The Morgan fingerprint density at radius 2 is 2.00 bits per heavy atom. The third-order valence-corrected chi connectivity index (χ3v) is 2.13. The van der Waals surface area contributed by atoms with Gasteiger partial charge in [-0.1, -0.05) is 0 Å². The number of hydrogen-bond donors (Lipinski definition) is 1. The van der Waals surface area contributed by atoms with Crippen LogP contribution in [0.5, 0.6) is 17.2 Å². The summed E-state index contributed by atoms with van der Waals surface area (Å²) in [7, 11) is 0. The summed E-state index contributed by atoms with van der Waals surface area (Å²) in [5.74, 6) is 1.66. The lowest BCUT2D eigenvalue weighted by molar-refractivity contribution is 0.296. The minimum atomic E-state index is 0.254. The largest absolute Gasteiger partial charge is 0.508 e. The first-order chi connectivity index (χ1) is 6.29. The van der Waals surface area contributed by atoms with Crippen LogP contribution in [0.2, 0.25) is 0 Å². The van der Waals surface area contributed by atoms with Gasteiger partial charge in [-0.05, 0) is 19.1 Å². The number of phenols is 1. The quantitative estimate of drug-likeness (QED) is 0.662. The molecule has 0 atom stereocenters. The molecule has 0 unspecified atom stereocenters. The predicted octanol–water partition coefficient (Wildman–Crippen LogP) is 1.86. The lowest BCUT2D eigenvalue weighted by Gasteiger charge is -2.10. The Kier molecular flexibility index (Phi) is 2.00. The Bertz CT molecular complexity index is 320. The van der Waals surface area contributed by atoms with Crippen LogP contribution in [0.15, 0.2) is 12.1 Å². The van der Waals surface area contributed by atoms with Crippen molar-refractivity contribution in [1.82, 2.24) is 0 Å². The van der Waals surface area contributed by atoms with E-state index < -0.39 is 0 Å². The highest BCUT2D eigenvalue weighted by molar-refractivity contribution is 5.52. The second-order valence-corrected chi connectivity index (χ2v) is 3.09. The van der Waals surface area contributed by atoms with Gasteiger partial charge in [-0.3, -0.25) is 0 Å². The number of phenolic OH excluding ortho intramolecular Hbond substituents is 1. The maximum absolute atomic E-state index is 9.43. The van der Waals surface area contributed by atoms with Gasteiger partial charge in [0.25, 0.3) is 0 Å². The first kappa shape index (κ1) is 8.23. The molecule has 0 fully saturated rings. The van der Waals surface area contributed by atoms with Gasteiger partial charge in [-0.25, -0.2) is 0 Å². The average molecular weight is 180 g/mol. The first-order valence-corrected chi connectivity index (χ1v) is 4.37. The van der Waals surface area contributed by atoms with Gasteiger partial charge < -0.3 is 14.6 Å². The summed E-state index contributed by atoms with van der Waals surface area (Å²) < 4.78 is 10.9. The van der Waals surface area contributed by atoms with Gasteiger partial charge in [0.1, 0.15) is 5.75 Å². The topological polar surface area (TPSA) is 38.7 Å². The summed E-state index contributed by atoms with van der Waals surface area (Å²) in [5.41, 5.74) is 0.749. The average Bonchev–Trinajstić information content (AvgIpc) is 2.36. The molecule has 0 aromatic heterocycles. The van der Waals surface area contributed by atoms with Crippen molar-refractivity contribution < 1.29 is 14.6 Å². The van der Waals surface area contributed by atoms with Crippen molar-refractivity contribution in [3.63, 3.8) is 0 Å². The summed E-state index contributed by atoms with van der Waals surface area (Å²) in [6, 6.07) is 3.37. The summed E-state index contributed by atoms with van der Waals surface area (Å²) in [4.78, 5) is 0. The molecule has 0 saturated carbocycles. The van der Waals surface area contributed by atoms with E-state index in [1.165, 1.54) is 0 Å². The number of fused-ring (bicyclic) bond motifs is 1. The smallest absolute Gasteiger partial charge is 0.167 e. The van der Waals surface area contributed by atoms with Crippen LogP contribution in [-0.4, -0.2) is 18.3 Å². The maximum atomic E-state index is 9.43. The Morgan fingerprint density at radius 3 is 2.85 bits per heavy atom. The van der Waals surface area contributed by atoms with E-state index in [9.17, 15) is 5.11 Å². The molecule has 1 heterocycles. The molecule has 0 bridgehead atoms. The molecule has 1 aliphatic rings. The van der Waals surface area contributed by atoms with Crippen molar-refractivity contribution in [3.8, 4) is 17.2 Å². The van der Waals surface area contributed by atoms with Crippen molar-refractivity contribution in [3.05, 3.63) is 17.7 Å². The zero-order valence-electron chi connectivity index (χ0n) is 7.54. The normalized spacial score (nSPS) is 15.2. The molecule has 2 rings (SSSR count). The summed E-state index contributed by atoms with van der Waals surface area (Å²) in [6.07, 6.45) is 0.884. The molecular formula is C10H12O3. The van der Waals surface area contributed by atoms with Crippen LogP contribution in [0.1, 0.15) is 12.0 Å². The van der Waals surface area contributed by atoms with Crippen LogP contribution in [-0.2, 0) is 0 Å². The maximum Gasteiger partial charge on any atom is 0.167 e. The minimum Gasteiger partial charge on any atom is -0.508 e. The molecule has 1 N–H and O–H groups in total. The molecule has 1 aliphatic heterocycles. The van der Waals surface area contributed by atoms with Crippen molar-refractivity contribution in [2.24, 2.45) is 0 Å². The molecule has 0 aliphatic carbocycles. The van der Waals surface area contributed by atoms with Gasteiger partial charge >= 0.3 is 0 Å². The van der Waals surface area contributed by atoms with Gasteiger partial charge in [0.15, 0.2) is 11.5 Å². The minimum absolute atomic E-state index is 0.254. The van der Waals surface area contributed by atoms with Gasteiger partial charge in [0, 0.05) is 12.0 Å². The summed E-state index contributed by atoms with van der Waals surface area (Å²) >= 11 is 0. The number of aromatic hydroxyl groups is 1. The van der Waals surface area contributed by atoms with E-state index >= 15 is 0 Å². The molecule has 0 radical (unpaired) electrons. The van der Waals surface area contributed by atoms with Crippen molar-refractivity contribution in [2.45, 2.75) is 13.3 Å². The molecule has 13 heavy (non-hydrogen) atoms. The van der Waals surface area contributed by atoms with E-state index in [1.54, 1.807) is 12.1 Å². The zero-order valence-corrected chi connectivity index (χ0v) is 7.54. The van der Waals surface area contributed by atoms with E-state index in [2.05, 4.69) is 0 Å². The fraction of sp³-hybridized carbons (Fsp3) is 0.400. The summed E-state index contributed by atoms with van der Waals surface area (Å²) in [5, 5.41) is 9.43. The van der Waals surface area contributed by atoms with Crippen LogP contribution in [0, 0.1) is 6.92 Å².